The van der Waals surface area contributed by atoms with E-state index in [9.17, 15) is 10.2 Å². The van der Waals surface area contributed by atoms with Gasteiger partial charge in [0.2, 0.25) is 0 Å². The summed E-state index contributed by atoms with van der Waals surface area (Å²) in [6.45, 7) is 1.71. The summed E-state index contributed by atoms with van der Waals surface area (Å²) in [6, 6.07) is 17.0. The van der Waals surface area contributed by atoms with Gasteiger partial charge >= 0.3 is 0 Å². The molecule has 112 valence electrons. The Labute approximate surface area is 125 Å². The average molecular weight is 287 g/mol. The van der Waals surface area contributed by atoms with Crippen molar-refractivity contribution < 1.29 is 14.9 Å². The molecule has 0 aliphatic rings. The van der Waals surface area contributed by atoms with Crippen LogP contribution in [-0.4, -0.2) is 29.5 Å². The van der Waals surface area contributed by atoms with Gasteiger partial charge in [-0.25, -0.2) is 0 Å². The molecule has 3 N–H and O–H groups in total. The molecule has 4 nitrogen and oxygen atoms in total. The Balaban J connectivity index is 1.62. The van der Waals surface area contributed by atoms with Crippen LogP contribution in [0.25, 0.3) is 0 Å². The highest BCUT2D eigenvalue weighted by Gasteiger charge is 2.05. The number of nitrogens with one attached hydrogen (secondary N) is 1. The summed E-state index contributed by atoms with van der Waals surface area (Å²) in [5, 5.41) is 22.5. The molecule has 0 radical (unpaired) electrons. The number of hydrogen-bond acceptors (Lipinski definition) is 4. The van der Waals surface area contributed by atoms with Crippen LogP contribution >= 0.6 is 0 Å². The van der Waals surface area contributed by atoms with Gasteiger partial charge in [-0.1, -0.05) is 48.5 Å². The number of phenols is 1. The molecule has 2 aromatic carbocycles. The van der Waals surface area contributed by atoms with E-state index in [0.29, 0.717) is 19.7 Å². The summed E-state index contributed by atoms with van der Waals surface area (Å²) < 4.78 is 5.47. The van der Waals surface area contributed by atoms with Gasteiger partial charge in [-0.15, -0.1) is 0 Å². The Kier molecular flexibility index (Phi) is 6.22. The van der Waals surface area contributed by atoms with Gasteiger partial charge in [-0.3, -0.25) is 0 Å². The lowest BCUT2D eigenvalue weighted by atomic mass is 10.2. The zero-order valence-corrected chi connectivity index (χ0v) is 11.9. The molecule has 0 fully saturated rings. The van der Waals surface area contributed by atoms with Crippen LogP contribution in [0.3, 0.4) is 0 Å². The van der Waals surface area contributed by atoms with Gasteiger partial charge in [-0.2, -0.15) is 0 Å². The SMILES string of the molecule is Oc1ccccc1CNCC(O)COCc1ccccc1. The van der Waals surface area contributed by atoms with E-state index < -0.39 is 6.10 Å². The van der Waals surface area contributed by atoms with Crippen LogP contribution in [0, 0.1) is 0 Å². The molecule has 0 amide bonds. The molecule has 0 bridgehead atoms. The van der Waals surface area contributed by atoms with Crippen LogP contribution in [0.2, 0.25) is 0 Å². The summed E-state index contributed by atoms with van der Waals surface area (Å²) in [6.07, 6.45) is -0.570. The number of aliphatic hydroxyl groups is 1. The predicted molar refractivity (Wildman–Crippen MR) is 81.9 cm³/mol. The smallest absolute Gasteiger partial charge is 0.120 e. The molecular weight excluding hydrogens is 266 g/mol. The molecule has 0 aromatic heterocycles. The van der Waals surface area contributed by atoms with E-state index in [1.54, 1.807) is 12.1 Å². The minimum absolute atomic E-state index is 0.264. The van der Waals surface area contributed by atoms with E-state index >= 15 is 0 Å². The van der Waals surface area contributed by atoms with E-state index in [0.717, 1.165) is 11.1 Å². The summed E-state index contributed by atoms with van der Waals surface area (Å²) in [4.78, 5) is 0. The zero-order chi connectivity index (χ0) is 14.9. The maximum Gasteiger partial charge on any atom is 0.120 e. The monoisotopic (exact) mass is 287 g/mol. The number of hydrogen-bond donors (Lipinski definition) is 3. The number of para-hydroxylation sites is 1. The maximum absolute atomic E-state index is 9.82. The third kappa shape index (κ3) is 5.55. The lowest BCUT2D eigenvalue weighted by Crippen LogP contribution is -2.30. The van der Waals surface area contributed by atoms with Crippen molar-refractivity contribution in [1.29, 1.82) is 0 Å². The van der Waals surface area contributed by atoms with Gasteiger partial charge in [0, 0.05) is 18.7 Å². The second-order valence-electron chi connectivity index (χ2n) is 4.91. The van der Waals surface area contributed by atoms with E-state index in [1.165, 1.54) is 0 Å². The normalized spacial score (nSPS) is 12.2. The Morgan fingerprint density at radius 3 is 2.48 bits per heavy atom. The first-order chi connectivity index (χ1) is 10.3. The van der Waals surface area contributed by atoms with E-state index in [-0.39, 0.29) is 12.4 Å². The van der Waals surface area contributed by atoms with E-state index in [1.807, 2.05) is 42.5 Å². The second-order valence-corrected chi connectivity index (χ2v) is 4.91. The topological polar surface area (TPSA) is 61.7 Å². The van der Waals surface area contributed by atoms with Gasteiger partial charge < -0.3 is 20.3 Å². The largest absolute Gasteiger partial charge is 0.508 e. The fourth-order valence-electron chi connectivity index (χ4n) is 1.98. The van der Waals surface area contributed by atoms with Gasteiger partial charge in [0.25, 0.3) is 0 Å². The third-order valence-corrected chi connectivity index (χ3v) is 3.11. The van der Waals surface area contributed by atoms with Crippen LogP contribution in [0.1, 0.15) is 11.1 Å². The third-order valence-electron chi connectivity index (χ3n) is 3.11. The van der Waals surface area contributed by atoms with Crippen LogP contribution < -0.4 is 5.32 Å². The first-order valence-corrected chi connectivity index (χ1v) is 7.03. The molecular formula is C17H21NO3. The molecule has 0 saturated heterocycles. The molecule has 2 aromatic rings. The number of benzene rings is 2. The number of ether oxygens (including phenoxy) is 1. The van der Waals surface area contributed by atoms with Crippen LogP contribution in [-0.2, 0) is 17.9 Å². The highest BCUT2D eigenvalue weighted by Crippen LogP contribution is 2.14. The second kappa shape index (κ2) is 8.42. The Hall–Kier alpha value is -1.88. The molecule has 4 heteroatoms. The summed E-state index contributed by atoms with van der Waals surface area (Å²) in [5.41, 5.74) is 1.90. The van der Waals surface area contributed by atoms with Crippen molar-refractivity contribution in [1.82, 2.24) is 5.32 Å². The van der Waals surface area contributed by atoms with E-state index in [2.05, 4.69) is 5.32 Å². The number of aliphatic hydroxyl groups excluding tert-OH is 1. The lowest BCUT2D eigenvalue weighted by Gasteiger charge is -2.13. The van der Waals surface area contributed by atoms with Crippen molar-refractivity contribution in [3.05, 3.63) is 65.7 Å². The molecule has 0 aliphatic carbocycles. The number of rotatable bonds is 8. The van der Waals surface area contributed by atoms with Crippen molar-refractivity contribution in [3.8, 4) is 5.75 Å². The molecule has 21 heavy (non-hydrogen) atoms. The predicted octanol–water partition coefficient (Wildman–Crippen LogP) is 2.06. The quantitative estimate of drug-likeness (QED) is 0.695. The summed E-state index contributed by atoms with van der Waals surface area (Å²) >= 11 is 0. The number of aromatic hydroxyl groups is 1. The van der Waals surface area contributed by atoms with Gasteiger partial charge in [0.15, 0.2) is 0 Å². The first kappa shape index (κ1) is 15.5. The van der Waals surface area contributed by atoms with E-state index in [4.69, 9.17) is 4.74 Å². The van der Waals surface area contributed by atoms with Crippen molar-refractivity contribution >= 4 is 0 Å². The number of phenolic OH excluding ortho intramolecular Hbond substituents is 1. The lowest BCUT2D eigenvalue weighted by molar-refractivity contribution is 0.0287. The molecule has 1 atom stereocenters. The summed E-state index contributed by atoms with van der Waals surface area (Å²) in [7, 11) is 0. The van der Waals surface area contributed by atoms with Crippen molar-refractivity contribution in [3.63, 3.8) is 0 Å². The molecule has 2 rings (SSSR count). The Morgan fingerprint density at radius 2 is 1.71 bits per heavy atom. The first-order valence-electron chi connectivity index (χ1n) is 7.03. The van der Waals surface area contributed by atoms with Crippen LogP contribution in [0.5, 0.6) is 5.75 Å². The Morgan fingerprint density at radius 1 is 1.00 bits per heavy atom. The van der Waals surface area contributed by atoms with Crippen LogP contribution in [0.4, 0.5) is 0 Å². The van der Waals surface area contributed by atoms with Gasteiger partial charge in [0.1, 0.15) is 5.75 Å². The molecule has 1 unspecified atom stereocenters. The standard InChI is InChI=1S/C17H21NO3/c19-16(13-21-12-14-6-2-1-3-7-14)11-18-10-15-8-4-5-9-17(15)20/h1-9,16,18-20H,10-13H2. The Bertz CT molecular complexity index is 531. The fourth-order valence-corrected chi connectivity index (χ4v) is 1.98. The minimum atomic E-state index is -0.570. The van der Waals surface area contributed by atoms with Crippen molar-refractivity contribution in [2.24, 2.45) is 0 Å². The highest BCUT2D eigenvalue weighted by atomic mass is 16.5. The molecule has 0 spiro atoms. The minimum Gasteiger partial charge on any atom is -0.508 e. The van der Waals surface area contributed by atoms with Gasteiger partial charge in [0.05, 0.1) is 19.3 Å². The van der Waals surface area contributed by atoms with Gasteiger partial charge in [-0.05, 0) is 11.6 Å². The highest BCUT2D eigenvalue weighted by molar-refractivity contribution is 5.31. The molecule has 0 aliphatic heterocycles. The summed E-state index contributed by atoms with van der Waals surface area (Å²) in [5.74, 6) is 0.264. The molecule has 0 heterocycles. The zero-order valence-electron chi connectivity index (χ0n) is 11.9. The molecule has 0 saturated carbocycles. The fraction of sp³-hybridized carbons (Fsp3) is 0.294. The van der Waals surface area contributed by atoms with Crippen molar-refractivity contribution in [2.75, 3.05) is 13.2 Å². The van der Waals surface area contributed by atoms with Crippen molar-refractivity contribution in [2.45, 2.75) is 19.3 Å². The average Bonchev–Trinajstić information content (AvgIpc) is 2.50. The van der Waals surface area contributed by atoms with Crippen LogP contribution in [0.15, 0.2) is 54.6 Å². The maximum atomic E-state index is 9.82.